The van der Waals surface area contributed by atoms with Crippen LogP contribution in [0.2, 0.25) is 0 Å². The normalized spacial score (nSPS) is 17.9. The summed E-state index contributed by atoms with van der Waals surface area (Å²) in [5.41, 5.74) is 1.85. The Balaban J connectivity index is 1.12. The van der Waals surface area contributed by atoms with E-state index in [0.29, 0.717) is 54.0 Å². The lowest BCUT2D eigenvalue weighted by atomic mass is 9.73. The minimum absolute atomic E-state index is 0.0174. The molecule has 11 nitrogen and oxygen atoms in total. The summed E-state index contributed by atoms with van der Waals surface area (Å²) in [4.78, 5) is 38.0. The third-order valence-corrected chi connectivity index (χ3v) is 8.73. The first kappa shape index (κ1) is 35.3. The van der Waals surface area contributed by atoms with Crippen molar-refractivity contribution in [2.24, 2.45) is 11.8 Å². The number of phenolic OH excluding ortho intramolecular Hbond substituents is 1. The number of anilines is 2. The Bertz CT molecular complexity index is 1750. The number of carbonyl (C=O) groups excluding carboxylic acids is 2. The zero-order chi connectivity index (χ0) is 35.1. The van der Waals surface area contributed by atoms with Crippen LogP contribution in [0.25, 0.3) is 11.3 Å². The summed E-state index contributed by atoms with van der Waals surface area (Å²) in [6.45, 7) is 2.97. The van der Waals surface area contributed by atoms with E-state index in [4.69, 9.17) is 9.47 Å². The predicted molar refractivity (Wildman–Crippen MR) is 175 cm³/mol. The zero-order valence-corrected chi connectivity index (χ0v) is 27.1. The topological polar surface area (TPSA) is 164 Å². The van der Waals surface area contributed by atoms with Crippen molar-refractivity contribution in [1.82, 2.24) is 15.0 Å². The van der Waals surface area contributed by atoms with E-state index in [1.165, 1.54) is 30.5 Å². The third kappa shape index (κ3) is 9.12. The number of aryl methyl sites for hydroxylation is 1. The molecular weight excluding hydrogens is 638 g/mol. The summed E-state index contributed by atoms with van der Waals surface area (Å²) in [5, 5.41) is 33.9. The summed E-state index contributed by atoms with van der Waals surface area (Å²) in [5.74, 6) is -1.30. The Morgan fingerprint density at radius 3 is 2.39 bits per heavy atom. The minimum Gasteiger partial charge on any atom is -0.508 e. The molecule has 1 fully saturated rings. The molecule has 2 atom stereocenters. The van der Waals surface area contributed by atoms with Gasteiger partial charge in [-0.15, -0.1) is 0 Å². The van der Waals surface area contributed by atoms with Gasteiger partial charge in [0.05, 0.1) is 17.3 Å². The maximum Gasteiger partial charge on any atom is 0.338 e. The van der Waals surface area contributed by atoms with Gasteiger partial charge in [-0.2, -0.15) is 0 Å². The Kier molecular flexibility index (Phi) is 11.1. The number of rotatable bonds is 12. The molecule has 0 radical (unpaired) electrons. The molecule has 5 rings (SSSR count). The van der Waals surface area contributed by atoms with E-state index in [0.717, 1.165) is 5.56 Å². The number of benzene rings is 1. The SMILES string of the molecule is Cc1cc(Nc2cc(C(F)F)ccn2)nc(-c2ccc([C@](C)(O)C3CCC(C(=O)OCOC(=O)[C@@H](O)Cc4ccc(O)cc4)CC3)nc2)c1. The molecule has 3 aromatic heterocycles. The van der Waals surface area contributed by atoms with Crippen LogP contribution < -0.4 is 5.32 Å². The highest BCUT2D eigenvalue weighted by molar-refractivity contribution is 5.75. The maximum atomic E-state index is 13.1. The minimum atomic E-state index is -2.62. The van der Waals surface area contributed by atoms with Gasteiger partial charge in [0.2, 0.25) is 6.79 Å². The molecule has 13 heteroatoms. The van der Waals surface area contributed by atoms with Gasteiger partial charge in [0.15, 0.2) is 6.10 Å². The first-order valence-electron chi connectivity index (χ1n) is 15.9. The number of ether oxygens (including phenoxy) is 2. The van der Waals surface area contributed by atoms with Crippen molar-refractivity contribution in [3.05, 3.63) is 95.4 Å². The van der Waals surface area contributed by atoms with Gasteiger partial charge < -0.3 is 30.1 Å². The lowest BCUT2D eigenvalue weighted by Gasteiger charge is -2.37. The Labute approximate surface area is 282 Å². The molecule has 4 aromatic rings. The van der Waals surface area contributed by atoms with Crippen LogP contribution in [0.4, 0.5) is 20.4 Å². The standard InChI is InChI=1S/C36H38F2N4O7/c1-21-15-28(41-32(16-21)42-31-18-24(33(37)38)13-14-39-31)25-7-12-30(40-19-25)36(2,47)26-8-5-23(6-9-26)34(45)48-20-49-35(46)29(44)17-22-3-10-27(43)11-4-22/h3-4,7,10-16,18-19,23,26,29,33,43-44,47H,5-6,8-9,17,20H2,1-2H3,(H,39,41,42)/t23?,26?,29-,36+/m0/s1. The summed E-state index contributed by atoms with van der Waals surface area (Å²) >= 11 is 0. The van der Waals surface area contributed by atoms with Gasteiger partial charge in [-0.25, -0.2) is 23.5 Å². The monoisotopic (exact) mass is 676 g/mol. The number of hydrogen-bond acceptors (Lipinski definition) is 11. The van der Waals surface area contributed by atoms with Gasteiger partial charge in [-0.05, 0) is 105 Å². The molecule has 1 aromatic carbocycles. The van der Waals surface area contributed by atoms with Gasteiger partial charge in [-0.1, -0.05) is 12.1 Å². The molecule has 0 saturated heterocycles. The number of esters is 2. The number of alkyl halides is 2. The molecule has 4 N–H and O–H groups in total. The average Bonchev–Trinajstić information content (AvgIpc) is 3.09. The number of hydrogen-bond donors (Lipinski definition) is 4. The Morgan fingerprint density at radius 1 is 0.980 bits per heavy atom. The van der Waals surface area contributed by atoms with Gasteiger partial charge in [0, 0.05) is 29.9 Å². The van der Waals surface area contributed by atoms with E-state index >= 15 is 0 Å². The van der Waals surface area contributed by atoms with Crippen molar-refractivity contribution >= 4 is 23.6 Å². The maximum absolute atomic E-state index is 13.1. The molecule has 1 saturated carbocycles. The lowest BCUT2D eigenvalue weighted by molar-refractivity contribution is -0.176. The molecule has 49 heavy (non-hydrogen) atoms. The second kappa shape index (κ2) is 15.5. The van der Waals surface area contributed by atoms with Crippen LogP contribution in [-0.4, -0.2) is 55.1 Å². The number of aromatic nitrogens is 3. The summed E-state index contributed by atoms with van der Waals surface area (Å²) in [7, 11) is 0. The van der Waals surface area contributed by atoms with Crippen molar-refractivity contribution in [2.45, 2.75) is 64.1 Å². The number of nitrogens with one attached hydrogen (secondary N) is 1. The third-order valence-electron chi connectivity index (χ3n) is 8.73. The highest BCUT2D eigenvalue weighted by Crippen LogP contribution is 2.41. The summed E-state index contributed by atoms with van der Waals surface area (Å²) < 4.78 is 36.3. The van der Waals surface area contributed by atoms with Gasteiger partial charge in [-0.3, -0.25) is 9.78 Å². The highest BCUT2D eigenvalue weighted by Gasteiger charge is 2.39. The quantitative estimate of drug-likeness (QED) is 0.104. The number of halogens is 2. The molecule has 0 aliphatic heterocycles. The Morgan fingerprint density at radius 2 is 1.71 bits per heavy atom. The number of aliphatic hydroxyl groups excluding tert-OH is 1. The molecular formula is C36H38F2N4O7. The average molecular weight is 677 g/mol. The summed E-state index contributed by atoms with van der Waals surface area (Å²) in [6, 6.07) is 15.8. The van der Waals surface area contributed by atoms with Crippen LogP contribution in [0, 0.1) is 18.8 Å². The fraction of sp³-hybridized carbons (Fsp3) is 0.361. The van der Waals surface area contributed by atoms with Crippen molar-refractivity contribution in [1.29, 1.82) is 0 Å². The number of aromatic hydroxyl groups is 1. The van der Waals surface area contributed by atoms with Crippen LogP contribution in [-0.2, 0) is 31.1 Å². The van der Waals surface area contributed by atoms with E-state index < -0.39 is 42.8 Å². The first-order valence-corrected chi connectivity index (χ1v) is 15.9. The van der Waals surface area contributed by atoms with E-state index in [1.54, 1.807) is 37.4 Å². The number of aliphatic hydroxyl groups is 2. The second-order valence-corrected chi connectivity index (χ2v) is 12.4. The molecule has 0 spiro atoms. The molecule has 258 valence electrons. The number of phenols is 1. The van der Waals surface area contributed by atoms with Crippen LogP contribution in [0.5, 0.6) is 5.75 Å². The van der Waals surface area contributed by atoms with E-state index in [9.17, 15) is 33.7 Å². The van der Waals surface area contributed by atoms with Crippen LogP contribution in [0.15, 0.2) is 73.1 Å². The highest BCUT2D eigenvalue weighted by atomic mass is 19.3. The second-order valence-electron chi connectivity index (χ2n) is 12.4. The van der Waals surface area contributed by atoms with Gasteiger partial charge in [0.1, 0.15) is 23.0 Å². The number of nitrogens with zero attached hydrogens (tertiary/aromatic N) is 3. The van der Waals surface area contributed by atoms with Crippen molar-refractivity contribution < 1.29 is 43.2 Å². The molecule has 1 aliphatic rings. The number of carbonyl (C=O) groups is 2. The number of pyridine rings is 3. The van der Waals surface area contributed by atoms with Crippen LogP contribution >= 0.6 is 0 Å². The molecule has 0 bridgehead atoms. The molecule has 1 aliphatic carbocycles. The van der Waals surface area contributed by atoms with Crippen LogP contribution in [0.3, 0.4) is 0 Å². The van der Waals surface area contributed by atoms with Gasteiger partial charge >= 0.3 is 11.9 Å². The fourth-order valence-corrected chi connectivity index (χ4v) is 5.90. The first-order chi connectivity index (χ1) is 23.4. The Hall–Kier alpha value is -5.01. The lowest BCUT2D eigenvalue weighted by Crippen LogP contribution is -2.37. The zero-order valence-electron chi connectivity index (χ0n) is 27.1. The van der Waals surface area contributed by atoms with Gasteiger partial charge in [0.25, 0.3) is 6.43 Å². The smallest absolute Gasteiger partial charge is 0.338 e. The molecule has 3 heterocycles. The van der Waals surface area contributed by atoms with E-state index in [-0.39, 0.29) is 29.5 Å². The summed E-state index contributed by atoms with van der Waals surface area (Å²) in [6.07, 6.45) is 0.854. The largest absolute Gasteiger partial charge is 0.508 e. The molecule has 0 amide bonds. The predicted octanol–water partition coefficient (Wildman–Crippen LogP) is 5.90. The van der Waals surface area contributed by atoms with E-state index in [2.05, 4.69) is 20.3 Å². The van der Waals surface area contributed by atoms with Crippen molar-refractivity contribution in [3.63, 3.8) is 0 Å². The van der Waals surface area contributed by atoms with E-state index in [1.807, 2.05) is 19.1 Å². The fourth-order valence-electron chi connectivity index (χ4n) is 5.90. The van der Waals surface area contributed by atoms with Crippen LogP contribution in [0.1, 0.15) is 61.4 Å². The molecule has 0 unspecified atom stereocenters. The van der Waals surface area contributed by atoms with Crippen molar-refractivity contribution in [3.8, 4) is 17.0 Å². The van der Waals surface area contributed by atoms with Crippen molar-refractivity contribution in [2.75, 3.05) is 12.1 Å².